The van der Waals surface area contributed by atoms with E-state index in [-0.39, 0.29) is 11.7 Å². The number of imidazole rings is 1. The average Bonchev–Trinajstić information content (AvgIpc) is 3.55. The Morgan fingerprint density at radius 3 is 2.58 bits per heavy atom. The lowest BCUT2D eigenvalue weighted by Crippen LogP contribution is -2.24. The van der Waals surface area contributed by atoms with Crippen molar-refractivity contribution in [1.82, 2.24) is 28.9 Å². The standard InChI is InChI=1S/C25H25N7O/c1-30-15-18(13-27-30)16-7-9-20-17(11-16)8-10-23(28-20)29-24-12-21-22(14-26-24)31(2)25(33)32(21)19-5-3-4-6-19/h7-15,19H,3-6H2,1-2H3,(H,26,28,29). The number of aryl methyl sites for hydroxylation is 2. The van der Waals surface area contributed by atoms with E-state index in [9.17, 15) is 4.79 Å². The Balaban J connectivity index is 1.34. The second-order valence-electron chi connectivity index (χ2n) is 8.84. The van der Waals surface area contributed by atoms with Crippen molar-refractivity contribution < 1.29 is 0 Å². The molecule has 1 N–H and O–H groups in total. The van der Waals surface area contributed by atoms with Gasteiger partial charge in [-0.1, -0.05) is 18.9 Å². The highest BCUT2D eigenvalue weighted by atomic mass is 16.1. The van der Waals surface area contributed by atoms with E-state index < -0.39 is 0 Å². The summed E-state index contributed by atoms with van der Waals surface area (Å²) in [5.74, 6) is 1.40. The summed E-state index contributed by atoms with van der Waals surface area (Å²) in [6.07, 6.45) is 10.1. The minimum absolute atomic E-state index is 0.0316. The Bertz CT molecular complexity index is 1550. The molecule has 0 radical (unpaired) electrons. The van der Waals surface area contributed by atoms with Crippen LogP contribution in [-0.4, -0.2) is 28.9 Å². The van der Waals surface area contributed by atoms with Crippen LogP contribution in [0.15, 0.2) is 59.8 Å². The number of pyridine rings is 2. The van der Waals surface area contributed by atoms with Gasteiger partial charge in [0.1, 0.15) is 11.6 Å². The van der Waals surface area contributed by atoms with Crippen molar-refractivity contribution in [3.05, 3.63) is 65.5 Å². The van der Waals surface area contributed by atoms with Gasteiger partial charge in [-0.15, -0.1) is 0 Å². The number of benzene rings is 1. The van der Waals surface area contributed by atoms with Crippen molar-refractivity contribution in [2.24, 2.45) is 14.1 Å². The Labute approximate surface area is 190 Å². The maximum atomic E-state index is 12.9. The van der Waals surface area contributed by atoms with Crippen molar-refractivity contribution in [2.45, 2.75) is 31.7 Å². The zero-order chi connectivity index (χ0) is 22.5. The van der Waals surface area contributed by atoms with Crippen LogP contribution in [0.5, 0.6) is 0 Å². The molecule has 5 aromatic rings. The van der Waals surface area contributed by atoms with E-state index in [1.54, 1.807) is 15.4 Å². The first kappa shape index (κ1) is 19.7. The fourth-order valence-corrected chi connectivity index (χ4v) is 4.92. The monoisotopic (exact) mass is 439 g/mol. The molecule has 0 spiro atoms. The Morgan fingerprint density at radius 2 is 1.79 bits per heavy atom. The number of aromatic nitrogens is 6. The summed E-state index contributed by atoms with van der Waals surface area (Å²) < 4.78 is 5.44. The van der Waals surface area contributed by atoms with Crippen LogP contribution in [0.4, 0.5) is 11.6 Å². The molecule has 8 heteroatoms. The summed E-state index contributed by atoms with van der Waals surface area (Å²) in [4.78, 5) is 22.2. The number of fused-ring (bicyclic) bond motifs is 2. The van der Waals surface area contributed by atoms with Crippen molar-refractivity contribution >= 4 is 33.6 Å². The van der Waals surface area contributed by atoms with Crippen LogP contribution in [0.2, 0.25) is 0 Å². The zero-order valence-corrected chi connectivity index (χ0v) is 18.7. The average molecular weight is 440 g/mol. The Hall–Kier alpha value is -3.94. The van der Waals surface area contributed by atoms with Gasteiger partial charge in [-0.3, -0.25) is 13.8 Å². The molecule has 4 aromatic heterocycles. The second kappa shape index (κ2) is 7.58. The summed E-state index contributed by atoms with van der Waals surface area (Å²) in [5.41, 5.74) is 4.90. The third-order valence-electron chi connectivity index (χ3n) is 6.65. The molecule has 33 heavy (non-hydrogen) atoms. The summed E-state index contributed by atoms with van der Waals surface area (Å²) in [5, 5.41) is 8.64. The predicted octanol–water partition coefficient (Wildman–Crippen LogP) is 4.54. The number of hydrogen-bond donors (Lipinski definition) is 1. The normalized spacial score (nSPS) is 14.5. The van der Waals surface area contributed by atoms with Gasteiger partial charge in [-0.05, 0) is 42.7 Å². The molecule has 0 unspecified atom stereocenters. The zero-order valence-electron chi connectivity index (χ0n) is 18.7. The highest BCUT2D eigenvalue weighted by Gasteiger charge is 2.23. The first-order valence-electron chi connectivity index (χ1n) is 11.3. The summed E-state index contributed by atoms with van der Waals surface area (Å²) in [6, 6.07) is 12.4. The van der Waals surface area contributed by atoms with E-state index in [1.807, 2.05) is 49.3 Å². The molecule has 0 saturated heterocycles. The molecule has 1 aliphatic carbocycles. The molecular weight excluding hydrogens is 414 g/mol. The number of nitrogens with one attached hydrogen (secondary N) is 1. The molecule has 0 atom stereocenters. The van der Waals surface area contributed by atoms with Crippen LogP contribution in [0.3, 0.4) is 0 Å². The van der Waals surface area contributed by atoms with Crippen LogP contribution >= 0.6 is 0 Å². The number of hydrogen-bond acceptors (Lipinski definition) is 5. The minimum Gasteiger partial charge on any atom is -0.325 e. The Morgan fingerprint density at radius 1 is 0.939 bits per heavy atom. The maximum Gasteiger partial charge on any atom is 0.329 e. The van der Waals surface area contributed by atoms with E-state index in [1.165, 1.54) is 12.8 Å². The number of rotatable bonds is 4. The lowest BCUT2D eigenvalue weighted by atomic mass is 10.1. The highest BCUT2D eigenvalue weighted by Crippen LogP contribution is 2.32. The smallest absolute Gasteiger partial charge is 0.325 e. The topological polar surface area (TPSA) is 82.6 Å². The third kappa shape index (κ3) is 3.38. The van der Waals surface area contributed by atoms with Gasteiger partial charge < -0.3 is 5.32 Å². The fourth-order valence-electron chi connectivity index (χ4n) is 4.92. The number of nitrogens with zero attached hydrogens (tertiary/aromatic N) is 6. The van der Waals surface area contributed by atoms with E-state index in [0.717, 1.165) is 45.9 Å². The fraction of sp³-hybridized carbons (Fsp3) is 0.280. The molecule has 1 aliphatic rings. The molecule has 4 heterocycles. The number of anilines is 2. The SMILES string of the molecule is Cn1cc(-c2ccc3nc(Nc4cc5c(cn4)n(C)c(=O)n5C4CCCC4)ccc3c2)cn1. The largest absolute Gasteiger partial charge is 0.329 e. The summed E-state index contributed by atoms with van der Waals surface area (Å²) in [7, 11) is 3.73. The molecule has 8 nitrogen and oxygen atoms in total. The molecule has 1 fully saturated rings. The maximum absolute atomic E-state index is 12.9. The minimum atomic E-state index is 0.0316. The van der Waals surface area contributed by atoms with Gasteiger partial charge in [0.05, 0.1) is 28.9 Å². The van der Waals surface area contributed by atoms with Crippen molar-refractivity contribution in [3.8, 4) is 11.1 Å². The molecule has 1 saturated carbocycles. The van der Waals surface area contributed by atoms with E-state index >= 15 is 0 Å². The second-order valence-corrected chi connectivity index (χ2v) is 8.84. The lowest BCUT2D eigenvalue weighted by molar-refractivity contribution is 0.509. The molecule has 0 bridgehead atoms. The molecule has 0 amide bonds. The van der Waals surface area contributed by atoms with Crippen LogP contribution in [-0.2, 0) is 14.1 Å². The molecule has 1 aromatic carbocycles. The van der Waals surface area contributed by atoms with E-state index in [4.69, 9.17) is 4.98 Å². The molecule has 6 rings (SSSR count). The molecular formula is C25H25N7O. The van der Waals surface area contributed by atoms with Gasteiger partial charge >= 0.3 is 5.69 Å². The quantitative estimate of drug-likeness (QED) is 0.444. The first-order valence-corrected chi connectivity index (χ1v) is 11.3. The van der Waals surface area contributed by atoms with Gasteiger partial charge in [0.2, 0.25) is 0 Å². The van der Waals surface area contributed by atoms with Crippen LogP contribution in [0.25, 0.3) is 33.1 Å². The van der Waals surface area contributed by atoms with Crippen LogP contribution in [0.1, 0.15) is 31.7 Å². The third-order valence-corrected chi connectivity index (χ3v) is 6.65. The van der Waals surface area contributed by atoms with Gasteiger partial charge in [-0.25, -0.2) is 14.8 Å². The Kier molecular flexibility index (Phi) is 4.53. The lowest BCUT2D eigenvalue weighted by Gasteiger charge is -2.12. The van der Waals surface area contributed by atoms with Crippen LogP contribution < -0.4 is 11.0 Å². The van der Waals surface area contributed by atoms with E-state index in [2.05, 4.69) is 33.6 Å². The van der Waals surface area contributed by atoms with Crippen LogP contribution in [0, 0.1) is 0 Å². The van der Waals surface area contributed by atoms with Gasteiger partial charge in [0, 0.05) is 43.4 Å². The molecule has 166 valence electrons. The van der Waals surface area contributed by atoms with Gasteiger partial charge in [-0.2, -0.15) is 5.10 Å². The highest BCUT2D eigenvalue weighted by molar-refractivity contribution is 5.86. The molecule has 0 aliphatic heterocycles. The summed E-state index contributed by atoms with van der Waals surface area (Å²) in [6.45, 7) is 0. The first-order chi connectivity index (χ1) is 16.1. The van der Waals surface area contributed by atoms with Crippen molar-refractivity contribution in [2.75, 3.05) is 5.32 Å². The predicted molar refractivity (Wildman–Crippen MR) is 130 cm³/mol. The van der Waals surface area contributed by atoms with Crippen molar-refractivity contribution in [1.29, 1.82) is 0 Å². The van der Waals surface area contributed by atoms with Gasteiger partial charge in [0.15, 0.2) is 0 Å². The van der Waals surface area contributed by atoms with Crippen molar-refractivity contribution in [3.63, 3.8) is 0 Å². The van der Waals surface area contributed by atoms with Gasteiger partial charge in [0.25, 0.3) is 0 Å². The van der Waals surface area contributed by atoms with E-state index in [0.29, 0.717) is 11.6 Å². The summed E-state index contributed by atoms with van der Waals surface area (Å²) >= 11 is 0.